The van der Waals surface area contributed by atoms with Gasteiger partial charge in [-0.15, -0.1) is 0 Å². The van der Waals surface area contributed by atoms with Gasteiger partial charge in [-0.25, -0.2) is 15.0 Å². The molecule has 9 heteroatoms. The lowest BCUT2D eigenvalue weighted by atomic mass is 9.92. The number of carbonyl (C=O) groups is 1. The van der Waals surface area contributed by atoms with E-state index in [1.54, 1.807) is 18.6 Å². The zero-order valence-corrected chi connectivity index (χ0v) is 19.7. The second kappa shape index (κ2) is 10.3. The molecule has 0 radical (unpaired) electrons. The molecule has 3 aromatic rings. The number of rotatable bonds is 5. The summed E-state index contributed by atoms with van der Waals surface area (Å²) >= 11 is 6.25. The molecule has 2 aliphatic rings. The van der Waals surface area contributed by atoms with E-state index in [-0.39, 0.29) is 11.8 Å². The van der Waals surface area contributed by atoms with Gasteiger partial charge in [-0.3, -0.25) is 4.79 Å². The Balaban J connectivity index is 1.14. The minimum Gasteiger partial charge on any atom is -0.342 e. The third kappa shape index (κ3) is 5.12. The number of halogens is 1. The number of anilines is 3. The van der Waals surface area contributed by atoms with Crippen molar-refractivity contribution in [1.29, 1.82) is 0 Å². The molecule has 2 saturated heterocycles. The number of hydrogen-bond donors (Lipinski definition) is 1. The Morgan fingerprint density at radius 2 is 1.62 bits per heavy atom. The summed E-state index contributed by atoms with van der Waals surface area (Å²) in [5.41, 5.74) is 0.806. The van der Waals surface area contributed by atoms with Gasteiger partial charge in [-0.1, -0.05) is 23.7 Å². The molecule has 0 aliphatic carbocycles. The van der Waals surface area contributed by atoms with E-state index in [9.17, 15) is 4.79 Å². The lowest BCUT2D eigenvalue weighted by Crippen LogP contribution is -2.45. The van der Waals surface area contributed by atoms with Crippen molar-refractivity contribution in [3.8, 4) is 0 Å². The van der Waals surface area contributed by atoms with Gasteiger partial charge in [0.2, 0.25) is 11.9 Å². The number of hydrogen-bond acceptors (Lipinski definition) is 7. The molecule has 0 spiro atoms. The van der Waals surface area contributed by atoms with E-state index in [2.05, 4.69) is 30.2 Å². The molecule has 0 bridgehead atoms. The normalized spacial score (nSPS) is 17.6. The predicted octanol–water partition coefficient (Wildman–Crippen LogP) is 4.29. The predicted molar refractivity (Wildman–Crippen MR) is 132 cm³/mol. The number of piperidine rings is 2. The van der Waals surface area contributed by atoms with E-state index in [1.165, 1.54) is 0 Å². The van der Waals surface area contributed by atoms with Crippen molar-refractivity contribution in [3.05, 3.63) is 65.8 Å². The number of likely N-dealkylation sites (tertiary alicyclic amines) is 1. The van der Waals surface area contributed by atoms with Gasteiger partial charge in [0.25, 0.3) is 0 Å². The van der Waals surface area contributed by atoms with Crippen molar-refractivity contribution in [2.24, 2.45) is 5.92 Å². The van der Waals surface area contributed by atoms with Gasteiger partial charge >= 0.3 is 0 Å². The molecule has 176 valence electrons. The summed E-state index contributed by atoms with van der Waals surface area (Å²) in [5.74, 6) is 2.95. The summed E-state index contributed by atoms with van der Waals surface area (Å²) in [6.45, 7) is 3.09. The van der Waals surface area contributed by atoms with Gasteiger partial charge in [-0.2, -0.15) is 4.98 Å². The van der Waals surface area contributed by atoms with Crippen molar-refractivity contribution in [2.75, 3.05) is 36.4 Å². The monoisotopic (exact) mass is 477 g/mol. The van der Waals surface area contributed by atoms with Gasteiger partial charge in [0.05, 0.1) is 10.7 Å². The van der Waals surface area contributed by atoms with Crippen LogP contribution >= 0.6 is 11.6 Å². The van der Waals surface area contributed by atoms with Crippen LogP contribution in [0.2, 0.25) is 5.02 Å². The van der Waals surface area contributed by atoms with Gasteiger partial charge in [0.1, 0.15) is 11.6 Å². The average Bonchev–Trinajstić information content (AvgIpc) is 2.90. The summed E-state index contributed by atoms with van der Waals surface area (Å²) in [6.07, 6.45) is 8.80. The molecule has 5 rings (SSSR count). The van der Waals surface area contributed by atoms with Crippen LogP contribution < -0.4 is 10.2 Å². The van der Waals surface area contributed by atoms with Crippen molar-refractivity contribution in [2.45, 2.75) is 31.6 Å². The molecule has 2 aromatic heterocycles. The standard InChI is InChI=1S/C25H28ClN7O/c26-20-4-1-2-5-21(20)30-22-6-13-29-25(31-22)33-16-9-19(10-17-33)24(34)32-14-7-18(8-15-32)23-27-11-3-12-28-23/h1-6,11-13,18-19H,7-10,14-17H2,(H,29,30,31). The van der Waals surface area contributed by atoms with Crippen molar-refractivity contribution >= 4 is 35.0 Å². The minimum absolute atomic E-state index is 0.0604. The van der Waals surface area contributed by atoms with Crippen LogP contribution in [0.25, 0.3) is 0 Å². The van der Waals surface area contributed by atoms with E-state index < -0.39 is 0 Å². The Kier molecular flexibility index (Phi) is 6.85. The average molecular weight is 478 g/mol. The highest BCUT2D eigenvalue weighted by Crippen LogP contribution is 2.29. The molecule has 2 fully saturated rings. The van der Waals surface area contributed by atoms with Crippen molar-refractivity contribution in [3.63, 3.8) is 0 Å². The van der Waals surface area contributed by atoms with Crippen molar-refractivity contribution in [1.82, 2.24) is 24.8 Å². The summed E-state index contributed by atoms with van der Waals surface area (Å²) in [7, 11) is 0. The Bertz CT molecular complexity index is 1110. The molecule has 0 atom stereocenters. The second-order valence-electron chi connectivity index (χ2n) is 8.81. The molecule has 8 nitrogen and oxygen atoms in total. The number of carbonyl (C=O) groups excluding carboxylic acids is 1. The summed E-state index contributed by atoms with van der Waals surface area (Å²) in [4.78, 5) is 35.2. The van der Waals surface area contributed by atoms with Crippen LogP contribution in [0.15, 0.2) is 55.0 Å². The first-order chi connectivity index (χ1) is 16.7. The molecule has 1 aromatic carbocycles. The maximum atomic E-state index is 13.2. The quantitative estimate of drug-likeness (QED) is 0.586. The van der Waals surface area contributed by atoms with Crippen LogP contribution in [-0.4, -0.2) is 56.9 Å². The third-order valence-electron chi connectivity index (χ3n) is 6.66. The fourth-order valence-electron chi connectivity index (χ4n) is 4.74. The Morgan fingerprint density at radius 3 is 2.35 bits per heavy atom. The van der Waals surface area contributed by atoms with E-state index in [0.717, 1.165) is 63.4 Å². The van der Waals surface area contributed by atoms with Crippen LogP contribution in [0.1, 0.15) is 37.4 Å². The molecular formula is C25H28ClN7O. The smallest absolute Gasteiger partial charge is 0.227 e. The first-order valence-corrected chi connectivity index (χ1v) is 12.2. The number of nitrogens with zero attached hydrogens (tertiary/aromatic N) is 6. The van der Waals surface area contributed by atoms with Gasteiger partial charge in [-0.05, 0) is 49.9 Å². The van der Waals surface area contributed by atoms with Crippen LogP contribution in [0.3, 0.4) is 0 Å². The van der Waals surface area contributed by atoms with Crippen LogP contribution in [0.4, 0.5) is 17.5 Å². The lowest BCUT2D eigenvalue weighted by Gasteiger charge is -2.37. The molecule has 2 aliphatic heterocycles. The van der Waals surface area contributed by atoms with Crippen LogP contribution in [0, 0.1) is 5.92 Å². The highest BCUT2D eigenvalue weighted by Gasteiger charge is 2.32. The molecule has 4 heterocycles. The van der Waals surface area contributed by atoms with Crippen molar-refractivity contribution < 1.29 is 4.79 Å². The topological polar surface area (TPSA) is 87.1 Å². The fraction of sp³-hybridized carbons (Fsp3) is 0.400. The number of benzene rings is 1. The van der Waals surface area contributed by atoms with E-state index >= 15 is 0 Å². The maximum absolute atomic E-state index is 13.2. The number of para-hydroxylation sites is 1. The van der Waals surface area contributed by atoms with E-state index in [1.807, 2.05) is 41.3 Å². The molecule has 0 saturated carbocycles. The largest absolute Gasteiger partial charge is 0.342 e. The molecule has 34 heavy (non-hydrogen) atoms. The van der Waals surface area contributed by atoms with E-state index in [0.29, 0.717) is 22.7 Å². The molecule has 0 unspecified atom stereocenters. The molecule has 1 N–H and O–H groups in total. The Labute approximate surface area is 204 Å². The minimum atomic E-state index is 0.0604. The van der Waals surface area contributed by atoms with Gasteiger partial charge in [0.15, 0.2) is 0 Å². The van der Waals surface area contributed by atoms with Gasteiger partial charge < -0.3 is 15.1 Å². The SMILES string of the molecule is O=C(C1CCN(c2nccc(Nc3ccccc3Cl)n2)CC1)N1CCC(c2ncccn2)CC1. The highest BCUT2D eigenvalue weighted by molar-refractivity contribution is 6.33. The molecular weight excluding hydrogens is 450 g/mol. The van der Waals surface area contributed by atoms with E-state index in [4.69, 9.17) is 11.6 Å². The Hall–Kier alpha value is -3.26. The maximum Gasteiger partial charge on any atom is 0.227 e. The summed E-state index contributed by atoms with van der Waals surface area (Å²) < 4.78 is 0. The first kappa shape index (κ1) is 22.5. The van der Waals surface area contributed by atoms with Crippen LogP contribution in [0.5, 0.6) is 0 Å². The summed E-state index contributed by atoms with van der Waals surface area (Å²) in [6, 6.07) is 11.2. The zero-order valence-electron chi connectivity index (χ0n) is 19.0. The van der Waals surface area contributed by atoms with Crippen LogP contribution in [-0.2, 0) is 4.79 Å². The first-order valence-electron chi connectivity index (χ1n) is 11.8. The Morgan fingerprint density at radius 1 is 0.882 bits per heavy atom. The zero-order chi connectivity index (χ0) is 23.3. The lowest BCUT2D eigenvalue weighted by molar-refractivity contribution is -0.137. The number of amides is 1. The third-order valence-corrected chi connectivity index (χ3v) is 6.99. The van der Waals surface area contributed by atoms with Gasteiger partial charge in [0, 0.05) is 56.6 Å². The number of aromatic nitrogens is 4. The molecule has 1 amide bonds. The second-order valence-corrected chi connectivity index (χ2v) is 9.22. The fourth-order valence-corrected chi connectivity index (χ4v) is 4.92. The summed E-state index contributed by atoms with van der Waals surface area (Å²) in [5, 5.41) is 3.90. The highest BCUT2D eigenvalue weighted by atomic mass is 35.5. The number of nitrogens with one attached hydrogen (secondary N) is 1.